The molecule has 1 aromatic rings. The molecule has 0 radical (unpaired) electrons. The van der Waals surface area contributed by atoms with Gasteiger partial charge in [-0.1, -0.05) is 12.1 Å². The zero-order valence-corrected chi connectivity index (χ0v) is 8.34. The second kappa shape index (κ2) is 4.47. The van der Waals surface area contributed by atoms with Gasteiger partial charge in [-0.2, -0.15) is 0 Å². The van der Waals surface area contributed by atoms with Crippen molar-refractivity contribution in [2.45, 2.75) is 6.92 Å². The summed E-state index contributed by atoms with van der Waals surface area (Å²) in [6.07, 6.45) is 2.65. The Balaban J connectivity index is 3.30. The lowest BCUT2D eigenvalue weighted by atomic mass is 10.1. The van der Waals surface area contributed by atoms with Crippen molar-refractivity contribution in [1.82, 2.24) is 0 Å². The number of anilines is 1. The van der Waals surface area contributed by atoms with Crippen LogP contribution < -0.4 is 16.6 Å². The van der Waals surface area contributed by atoms with E-state index in [-0.39, 0.29) is 5.56 Å². The van der Waals surface area contributed by atoms with Gasteiger partial charge in [-0.25, -0.2) is 10.6 Å². The van der Waals surface area contributed by atoms with E-state index in [2.05, 4.69) is 0 Å². The highest BCUT2D eigenvalue weighted by molar-refractivity contribution is 5.95. The first kappa shape index (κ1) is 11.1. The number of carboxylic acids is 1. The van der Waals surface area contributed by atoms with Gasteiger partial charge in [0.25, 0.3) is 0 Å². The number of hydrogen-bond acceptors (Lipinski definition) is 4. The number of nitrogens with two attached hydrogens (primary N) is 2. The Kier molecular flexibility index (Phi) is 3.30. The second-order valence-corrected chi connectivity index (χ2v) is 3.03. The highest BCUT2D eigenvalue weighted by atomic mass is 16.4. The summed E-state index contributed by atoms with van der Waals surface area (Å²) in [6, 6.07) is 4.95. The van der Waals surface area contributed by atoms with Crippen molar-refractivity contribution in [3.05, 3.63) is 41.7 Å². The second-order valence-electron chi connectivity index (χ2n) is 3.03. The summed E-state index contributed by atoms with van der Waals surface area (Å²) in [5.74, 6) is 4.63. The van der Waals surface area contributed by atoms with E-state index in [0.29, 0.717) is 5.69 Å². The lowest BCUT2D eigenvalue weighted by Gasteiger charge is -2.18. The fourth-order valence-corrected chi connectivity index (χ4v) is 1.34. The highest BCUT2D eigenvalue weighted by Crippen LogP contribution is 2.23. The number of rotatable bonds is 3. The molecule has 0 aliphatic rings. The minimum absolute atomic E-state index is 0.149. The van der Waals surface area contributed by atoms with Crippen molar-refractivity contribution in [2.24, 2.45) is 11.6 Å². The number of nitrogens with zero attached hydrogens (tertiary/aromatic N) is 1. The van der Waals surface area contributed by atoms with Crippen LogP contribution in [-0.2, 0) is 0 Å². The summed E-state index contributed by atoms with van der Waals surface area (Å²) < 4.78 is 0. The van der Waals surface area contributed by atoms with Crippen LogP contribution in [0, 0.1) is 6.92 Å². The Labute approximate surface area is 87.6 Å². The van der Waals surface area contributed by atoms with Crippen LogP contribution in [-0.4, -0.2) is 11.1 Å². The van der Waals surface area contributed by atoms with Gasteiger partial charge >= 0.3 is 5.97 Å². The maximum Gasteiger partial charge on any atom is 0.337 e. The summed E-state index contributed by atoms with van der Waals surface area (Å²) >= 11 is 0. The van der Waals surface area contributed by atoms with Crippen molar-refractivity contribution in [2.75, 3.05) is 5.01 Å². The zero-order chi connectivity index (χ0) is 11.4. The third-order valence-electron chi connectivity index (χ3n) is 1.97. The molecule has 0 heterocycles. The van der Waals surface area contributed by atoms with Crippen LogP contribution in [0.2, 0.25) is 0 Å². The third-order valence-corrected chi connectivity index (χ3v) is 1.97. The van der Waals surface area contributed by atoms with E-state index in [0.717, 1.165) is 5.56 Å². The Morgan fingerprint density at radius 1 is 1.53 bits per heavy atom. The largest absolute Gasteiger partial charge is 0.478 e. The van der Waals surface area contributed by atoms with Crippen molar-refractivity contribution in [3.8, 4) is 0 Å². The summed E-state index contributed by atoms with van der Waals surface area (Å²) in [4.78, 5) is 10.9. The lowest BCUT2D eigenvalue weighted by Crippen LogP contribution is -2.27. The molecule has 5 heteroatoms. The molecule has 0 fully saturated rings. The van der Waals surface area contributed by atoms with Crippen molar-refractivity contribution < 1.29 is 9.90 Å². The molecule has 5 nitrogen and oxygen atoms in total. The van der Waals surface area contributed by atoms with E-state index < -0.39 is 5.97 Å². The predicted molar refractivity (Wildman–Crippen MR) is 58.1 cm³/mol. The fourth-order valence-electron chi connectivity index (χ4n) is 1.34. The van der Waals surface area contributed by atoms with Crippen LogP contribution in [0.25, 0.3) is 0 Å². The zero-order valence-electron chi connectivity index (χ0n) is 8.34. The number of benzene rings is 1. The predicted octanol–water partition coefficient (Wildman–Crippen LogP) is 0.803. The van der Waals surface area contributed by atoms with Crippen LogP contribution in [0.15, 0.2) is 30.6 Å². The smallest absolute Gasteiger partial charge is 0.337 e. The number of aromatic carboxylic acids is 1. The fraction of sp³-hybridized carbons (Fsp3) is 0.100. The van der Waals surface area contributed by atoms with Gasteiger partial charge < -0.3 is 10.8 Å². The van der Waals surface area contributed by atoms with Crippen LogP contribution in [0.5, 0.6) is 0 Å². The average molecular weight is 207 g/mol. The SMILES string of the molecule is Cc1cccc(C(=O)O)c1N(N)/C=C\N. The van der Waals surface area contributed by atoms with E-state index in [9.17, 15) is 4.79 Å². The first-order valence-electron chi connectivity index (χ1n) is 4.33. The normalized spacial score (nSPS) is 10.5. The van der Waals surface area contributed by atoms with Crippen LogP contribution >= 0.6 is 0 Å². The Hall–Kier alpha value is -2.01. The molecule has 0 saturated carbocycles. The molecule has 0 bridgehead atoms. The van der Waals surface area contributed by atoms with Crippen molar-refractivity contribution >= 4 is 11.7 Å². The quantitative estimate of drug-likeness (QED) is 0.503. The average Bonchev–Trinajstić information content (AvgIpc) is 2.17. The van der Waals surface area contributed by atoms with E-state index in [1.54, 1.807) is 19.1 Å². The molecule has 0 spiro atoms. The molecule has 1 aromatic carbocycles. The van der Waals surface area contributed by atoms with Crippen LogP contribution in [0.1, 0.15) is 15.9 Å². The number of carboxylic acid groups (broad SMARTS) is 1. The molecule has 0 amide bonds. The number of para-hydroxylation sites is 1. The molecule has 0 atom stereocenters. The standard InChI is InChI=1S/C10H13N3O2/c1-7-3-2-4-8(10(14)15)9(7)13(12)6-5-11/h2-6H,11-12H2,1H3,(H,14,15)/b6-5-. The first-order chi connectivity index (χ1) is 7.07. The van der Waals surface area contributed by atoms with E-state index in [1.807, 2.05) is 0 Å². The number of aryl methyl sites for hydroxylation is 1. The maximum atomic E-state index is 10.9. The van der Waals surface area contributed by atoms with E-state index >= 15 is 0 Å². The number of hydrogen-bond donors (Lipinski definition) is 3. The van der Waals surface area contributed by atoms with Gasteiger partial charge in [0.1, 0.15) is 0 Å². The Bertz CT molecular complexity index is 402. The third kappa shape index (κ3) is 2.26. The molecule has 0 aliphatic heterocycles. The number of hydrazine groups is 1. The molecule has 80 valence electrons. The van der Waals surface area contributed by atoms with Crippen LogP contribution in [0.3, 0.4) is 0 Å². The maximum absolute atomic E-state index is 10.9. The molecule has 0 aromatic heterocycles. The molecule has 0 saturated heterocycles. The minimum atomic E-state index is -1.02. The molecular formula is C10H13N3O2. The van der Waals surface area contributed by atoms with Gasteiger partial charge in [-0.15, -0.1) is 0 Å². The van der Waals surface area contributed by atoms with Gasteiger partial charge in [-0.3, -0.25) is 5.01 Å². The van der Waals surface area contributed by atoms with Crippen molar-refractivity contribution in [1.29, 1.82) is 0 Å². The molecular weight excluding hydrogens is 194 g/mol. The van der Waals surface area contributed by atoms with Gasteiger partial charge in [-0.05, 0) is 18.6 Å². The molecule has 0 aliphatic carbocycles. The highest BCUT2D eigenvalue weighted by Gasteiger charge is 2.14. The Morgan fingerprint density at radius 3 is 2.73 bits per heavy atom. The first-order valence-corrected chi connectivity index (χ1v) is 4.33. The van der Waals surface area contributed by atoms with E-state index in [4.69, 9.17) is 16.7 Å². The summed E-state index contributed by atoms with van der Waals surface area (Å²) in [5.41, 5.74) is 6.55. The van der Waals surface area contributed by atoms with Gasteiger partial charge in [0.2, 0.25) is 0 Å². The lowest BCUT2D eigenvalue weighted by molar-refractivity contribution is 0.0697. The van der Waals surface area contributed by atoms with Gasteiger partial charge in [0.05, 0.1) is 11.3 Å². The molecule has 15 heavy (non-hydrogen) atoms. The summed E-state index contributed by atoms with van der Waals surface area (Å²) in [5, 5.41) is 10.2. The minimum Gasteiger partial charge on any atom is -0.478 e. The van der Waals surface area contributed by atoms with E-state index in [1.165, 1.54) is 23.5 Å². The number of carbonyl (C=O) groups is 1. The molecule has 5 N–H and O–H groups in total. The summed E-state index contributed by atoms with van der Waals surface area (Å²) in [7, 11) is 0. The Morgan fingerprint density at radius 2 is 2.20 bits per heavy atom. The molecule has 1 rings (SSSR count). The molecule has 0 unspecified atom stereocenters. The monoisotopic (exact) mass is 207 g/mol. The topological polar surface area (TPSA) is 92.6 Å². The van der Waals surface area contributed by atoms with Gasteiger partial charge in [0, 0.05) is 12.4 Å². The van der Waals surface area contributed by atoms with Crippen LogP contribution in [0.4, 0.5) is 5.69 Å². The van der Waals surface area contributed by atoms with Crippen molar-refractivity contribution in [3.63, 3.8) is 0 Å². The summed E-state index contributed by atoms with van der Waals surface area (Å²) in [6.45, 7) is 1.78. The van der Waals surface area contributed by atoms with Gasteiger partial charge in [0.15, 0.2) is 0 Å².